The molecule has 0 aliphatic carbocycles. The normalized spacial score (nSPS) is 10.3. The van der Waals surface area contributed by atoms with E-state index in [1.54, 1.807) is 13.0 Å². The Balaban J connectivity index is 1.76. The second kappa shape index (κ2) is 8.54. The quantitative estimate of drug-likeness (QED) is 0.728. The Bertz CT molecular complexity index is 726. The highest BCUT2D eigenvalue weighted by atomic mass is 79.9. The minimum atomic E-state index is -0.462. The Morgan fingerprint density at radius 2 is 2.08 bits per heavy atom. The second-order valence-electron chi connectivity index (χ2n) is 5.01. The summed E-state index contributed by atoms with van der Waals surface area (Å²) in [6.45, 7) is 2.14. The van der Waals surface area contributed by atoms with E-state index in [0.29, 0.717) is 22.8 Å². The van der Waals surface area contributed by atoms with Crippen LogP contribution in [-0.4, -0.2) is 25.6 Å². The van der Waals surface area contributed by atoms with Gasteiger partial charge < -0.3 is 19.2 Å². The van der Waals surface area contributed by atoms with Crippen molar-refractivity contribution < 1.29 is 23.5 Å². The maximum atomic E-state index is 11.8. The van der Waals surface area contributed by atoms with Gasteiger partial charge in [0, 0.05) is 4.47 Å². The molecule has 24 heavy (non-hydrogen) atoms. The second-order valence-corrected chi connectivity index (χ2v) is 5.92. The highest BCUT2D eigenvalue weighted by molar-refractivity contribution is 9.10. The molecule has 0 saturated heterocycles. The van der Waals surface area contributed by atoms with Gasteiger partial charge in [0.25, 0.3) is 0 Å². The zero-order valence-electron chi connectivity index (χ0n) is 13.4. The standard InChI is InChI=1S/C17H18BrNO5/c1-11-15(17(21)22-2)9-14(24-11)10-19-16(20)6-7-23-13-5-3-4-12(18)8-13/h3-5,8-9H,6-7,10H2,1-2H3,(H,19,20). The summed E-state index contributed by atoms with van der Waals surface area (Å²) >= 11 is 3.35. The number of benzene rings is 1. The summed E-state index contributed by atoms with van der Waals surface area (Å²) in [5.74, 6) is 1.02. The molecule has 0 atom stereocenters. The zero-order chi connectivity index (χ0) is 17.5. The maximum absolute atomic E-state index is 11.8. The topological polar surface area (TPSA) is 77.8 Å². The number of halogens is 1. The van der Waals surface area contributed by atoms with Crippen LogP contribution in [0.4, 0.5) is 0 Å². The van der Waals surface area contributed by atoms with Gasteiger partial charge in [0.15, 0.2) is 0 Å². The van der Waals surface area contributed by atoms with E-state index >= 15 is 0 Å². The third-order valence-corrected chi connectivity index (χ3v) is 3.72. The van der Waals surface area contributed by atoms with Crippen LogP contribution in [0, 0.1) is 6.92 Å². The largest absolute Gasteiger partial charge is 0.493 e. The van der Waals surface area contributed by atoms with Gasteiger partial charge in [-0.25, -0.2) is 4.79 Å². The van der Waals surface area contributed by atoms with Gasteiger partial charge in [-0.05, 0) is 31.2 Å². The molecule has 0 radical (unpaired) electrons. The van der Waals surface area contributed by atoms with Crippen LogP contribution >= 0.6 is 15.9 Å². The summed E-state index contributed by atoms with van der Waals surface area (Å²) in [5.41, 5.74) is 0.361. The first kappa shape index (κ1) is 18.1. The van der Waals surface area contributed by atoms with Crippen LogP contribution in [0.15, 0.2) is 39.2 Å². The first-order chi connectivity index (χ1) is 11.5. The van der Waals surface area contributed by atoms with E-state index in [4.69, 9.17) is 9.15 Å². The van der Waals surface area contributed by atoms with E-state index < -0.39 is 5.97 Å². The number of hydrogen-bond acceptors (Lipinski definition) is 5. The Labute approximate surface area is 148 Å². The average molecular weight is 396 g/mol. The van der Waals surface area contributed by atoms with Gasteiger partial charge >= 0.3 is 5.97 Å². The number of rotatable bonds is 7. The van der Waals surface area contributed by atoms with Crippen molar-refractivity contribution in [1.29, 1.82) is 0 Å². The summed E-state index contributed by atoms with van der Waals surface area (Å²) in [5, 5.41) is 2.72. The zero-order valence-corrected chi connectivity index (χ0v) is 15.0. The van der Waals surface area contributed by atoms with Crippen molar-refractivity contribution in [3.8, 4) is 5.75 Å². The third kappa shape index (κ3) is 5.13. The number of methoxy groups -OCH3 is 1. The minimum absolute atomic E-state index is 0.168. The average Bonchev–Trinajstić information content (AvgIpc) is 2.93. The molecule has 7 heteroatoms. The fourth-order valence-corrected chi connectivity index (χ4v) is 2.41. The van der Waals surface area contributed by atoms with Crippen molar-refractivity contribution in [2.75, 3.05) is 13.7 Å². The number of amides is 1. The molecule has 0 bridgehead atoms. The van der Waals surface area contributed by atoms with Gasteiger partial charge in [-0.1, -0.05) is 22.0 Å². The number of esters is 1. The number of ether oxygens (including phenoxy) is 2. The Morgan fingerprint density at radius 3 is 2.79 bits per heavy atom. The van der Waals surface area contributed by atoms with E-state index in [1.807, 2.05) is 24.3 Å². The lowest BCUT2D eigenvalue weighted by Crippen LogP contribution is -2.24. The number of carbonyl (C=O) groups is 2. The van der Waals surface area contributed by atoms with Gasteiger partial charge in [-0.15, -0.1) is 0 Å². The Kier molecular flexibility index (Phi) is 6.43. The van der Waals surface area contributed by atoms with Crippen molar-refractivity contribution >= 4 is 27.8 Å². The van der Waals surface area contributed by atoms with Crippen LogP contribution in [0.3, 0.4) is 0 Å². The van der Waals surface area contributed by atoms with Gasteiger partial charge in [-0.2, -0.15) is 0 Å². The molecule has 0 fully saturated rings. The molecule has 0 aliphatic rings. The van der Waals surface area contributed by atoms with E-state index in [0.717, 1.165) is 4.47 Å². The number of furan rings is 1. The van der Waals surface area contributed by atoms with E-state index in [2.05, 4.69) is 26.0 Å². The molecule has 0 unspecified atom stereocenters. The molecule has 0 aliphatic heterocycles. The van der Waals surface area contributed by atoms with Crippen LogP contribution in [0.1, 0.15) is 28.3 Å². The third-order valence-electron chi connectivity index (χ3n) is 3.23. The molecule has 1 aromatic carbocycles. The molecule has 0 spiro atoms. The Morgan fingerprint density at radius 1 is 1.29 bits per heavy atom. The monoisotopic (exact) mass is 395 g/mol. The minimum Gasteiger partial charge on any atom is -0.493 e. The lowest BCUT2D eigenvalue weighted by atomic mass is 10.2. The number of nitrogens with one attached hydrogen (secondary N) is 1. The number of carbonyl (C=O) groups excluding carboxylic acids is 2. The predicted octanol–water partition coefficient (Wildman–Crippen LogP) is 3.22. The smallest absolute Gasteiger partial charge is 0.341 e. The van der Waals surface area contributed by atoms with Crippen LogP contribution in [0.25, 0.3) is 0 Å². The molecule has 1 amide bonds. The molecule has 1 heterocycles. The molecule has 0 saturated carbocycles. The van der Waals surface area contributed by atoms with Crippen molar-refractivity contribution in [2.45, 2.75) is 19.9 Å². The van der Waals surface area contributed by atoms with Crippen LogP contribution in [-0.2, 0) is 16.1 Å². The van der Waals surface area contributed by atoms with E-state index in [9.17, 15) is 9.59 Å². The van der Waals surface area contributed by atoms with Crippen LogP contribution in [0.2, 0.25) is 0 Å². The van der Waals surface area contributed by atoms with Gasteiger partial charge in [0.2, 0.25) is 5.91 Å². The summed E-state index contributed by atoms with van der Waals surface area (Å²) in [6.07, 6.45) is 0.218. The first-order valence-corrected chi connectivity index (χ1v) is 8.11. The van der Waals surface area contributed by atoms with Crippen molar-refractivity contribution in [1.82, 2.24) is 5.32 Å². The van der Waals surface area contributed by atoms with Crippen molar-refractivity contribution in [3.05, 3.63) is 51.9 Å². The maximum Gasteiger partial charge on any atom is 0.341 e. The SMILES string of the molecule is COC(=O)c1cc(CNC(=O)CCOc2cccc(Br)c2)oc1C. The molecule has 2 rings (SSSR count). The number of hydrogen-bond donors (Lipinski definition) is 1. The van der Waals surface area contributed by atoms with Crippen molar-refractivity contribution in [3.63, 3.8) is 0 Å². The molecule has 6 nitrogen and oxygen atoms in total. The molecule has 128 valence electrons. The van der Waals surface area contributed by atoms with Crippen molar-refractivity contribution in [2.24, 2.45) is 0 Å². The lowest BCUT2D eigenvalue weighted by Gasteiger charge is -2.06. The van der Waals surface area contributed by atoms with Gasteiger partial charge in [0.1, 0.15) is 22.8 Å². The highest BCUT2D eigenvalue weighted by Gasteiger charge is 2.15. The van der Waals surface area contributed by atoms with E-state index in [1.165, 1.54) is 7.11 Å². The molecule has 1 aromatic heterocycles. The molecular formula is C17H18BrNO5. The van der Waals surface area contributed by atoms with Gasteiger partial charge in [-0.3, -0.25) is 4.79 Å². The summed E-state index contributed by atoms with van der Waals surface area (Å²) in [4.78, 5) is 23.3. The molecule has 1 N–H and O–H groups in total. The molecule has 2 aromatic rings. The summed E-state index contributed by atoms with van der Waals surface area (Å²) < 4.78 is 16.5. The summed E-state index contributed by atoms with van der Waals surface area (Å²) in [7, 11) is 1.31. The highest BCUT2D eigenvalue weighted by Crippen LogP contribution is 2.18. The Hall–Kier alpha value is -2.28. The lowest BCUT2D eigenvalue weighted by molar-refractivity contribution is -0.121. The first-order valence-electron chi connectivity index (χ1n) is 7.32. The molecular weight excluding hydrogens is 378 g/mol. The van der Waals surface area contributed by atoms with Crippen LogP contribution in [0.5, 0.6) is 5.75 Å². The fourth-order valence-electron chi connectivity index (χ4n) is 2.04. The fraction of sp³-hybridized carbons (Fsp3) is 0.294. The van der Waals surface area contributed by atoms with E-state index in [-0.39, 0.29) is 25.5 Å². The van der Waals surface area contributed by atoms with Gasteiger partial charge in [0.05, 0.1) is 26.7 Å². The predicted molar refractivity (Wildman–Crippen MR) is 90.9 cm³/mol. The summed E-state index contributed by atoms with van der Waals surface area (Å²) in [6, 6.07) is 8.98. The van der Waals surface area contributed by atoms with Crippen LogP contribution < -0.4 is 10.1 Å². The number of aryl methyl sites for hydroxylation is 1.